The van der Waals surface area contributed by atoms with Gasteiger partial charge >= 0.3 is 0 Å². The molecule has 0 saturated carbocycles. The van der Waals surface area contributed by atoms with Crippen LogP contribution in [0.1, 0.15) is 10.4 Å². The Morgan fingerprint density at radius 3 is 2.81 bits per heavy atom. The number of amides is 1. The van der Waals surface area contributed by atoms with Crippen LogP contribution in [-0.2, 0) is 0 Å². The lowest BCUT2D eigenvalue weighted by atomic mass is 10.2. The summed E-state index contributed by atoms with van der Waals surface area (Å²) in [5.41, 5.74) is 7.23. The van der Waals surface area contributed by atoms with E-state index in [-0.39, 0.29) is 5.91 Å². The molecule has 1 heterocycles. The van der Waals surface area contributed by atoms with Gasteiger partial charge in [-0.1, -0.05) is 34.5 Å². The molecule has 3 N–H and O–H groups in total. The number of nitrogens with one attached hydrogen (secondary N) is 1. The predicted molar refractivity (Wildman–Crippen MR) is 88.4 cm³/mol. The molecule has 0 aliphatic carbocycles. The first-order valence-electron chi connectivity index (χ1n) is 5.95. The highest BCUT2D eigenvalue weighted by molar-refractivity contribution is 7.22. The molecule has 0 bridgehead atoms. The van der Waals surface area contributed by atoms with E-state index >= 15 is 0 Å². The van der Waals surface area contributed by atoms with Crippen molar-refractivity contribution in [3.63, 3.8) is 0 Å². The zero-order valence-electron chi connectivity index (χ0n) is 10.6. The fourth-order valence-electron chi connectivity index (χ4n) is 1.83. The lowest BCUT2D eigenvalue weighted by molar-refractivity contribution is 0.102. The van der Waals surface area contributed by atoms with Gasteiger partial charge in [-0.05, 0) is 36.4 Å². The van der Waals surface area contributed by atoms with Crippen LogP contribution in [0.15, 0.2) is 36.4 Å². The van der Waals surface area contributed by atoms with Crippen LogP contribution in [0.25, 0.3) is 10.2 Å². The van der Waals surface area contributed by atoms with Gasteiger partial charge in [0.1, 0.15) is 0 Å². The van der Waals surface area contributed by atoms with Crippen LogP contribution in [0.5, 0.6) is 0 Å². The van der Waals surface area contributed by atoms with Gasteiger partial charge < -0.3 is 5.73 Å². The predicted octanol–water partition coefficient (Wildman–Crippen LogP) is 4.44. The average Bonchev–Trinajstić information content (AvgIpc) is 2.82. The zero-order chi connectivity index (χ0) is 15.0. The summed E-state index contributed by atoms with van der Waals surface area (Å²) >= 11 is 13.3. The van der Waals surface area contributed by atoms with E-state index in [0.717, 1.165) is 10.2 Å². The van der Waals surface area contributed by atoms with E-state index in [1.165, 1.54) is 17.4 Å². The maximum Gasteiger partial charge on any atom is 0.259 e. The van der Waals surface area contributed by atoms with Crippen molar-refractivity contribution in [3.8, 4) is 0 Å². The summed E-state index contributed by atoms with van der Waals surface area (Å²) in [6.45, 7) is 0. The summed E-state index contributed by atoms with van der Waals surface area (Å²) in [6.07, 6.45) is 0. The monoisotopic (exact) mass is 337 g/mol. The van der Waals surface area contributed by atoms with E-state index in [0.29, 0.717) is 26.4 Å². The minimum atomic E-state index is -0.350. The Morgan fingerprint density at radius 2 is 2.00 bits per heavy atom. The standard InChI is InChI=1S/C14H9Cl2N3OS/c15-7-1-4-11-12(5-7)21-14(18-11)19-13(20)9-6-8(17)2-3-10(9)16/h1-6H,17H2,(H,18,19,20). The van der Waals surface area contributed by atoms with Crippen LogP contribution < -0.4 is 11.1 Å². The number of nitrogen functional groups attached to an aromatic ring is 1. The number of thiazole rings is 1. The first-order chi connectivity index (χ1) is 10.0. The molecule has 0 saturated heterocycles. The average molecular weight is 338 g/mol. The molecule has 0 unspecified atom stereocenters. The topological polar surface area (TPSA) is 68.0 Å². The van der Waals surface area contributed by atoms with Crippen molar-refractivity contribution < 1.29 is 4.79 Å². The van der Waals surface area contributed by atoms with Crippen LogP contribution >= 0.6 is 34.5 Å². The molecule has 0 spiro atoms. The van der Waals surface area contributed by atoms with Gasteiger partial charge in [-0.2, -0.15) is 0 Å². The van der Waals surface area contributed by atoms with Gasteiger partial charge in [0.05, 0.1) is 20.8 Å². The maximum atomic E-state index is 12.2. The van der Waals surface area contributed by atoms with Gasteiger partial charge in [-0.25, -0.2) is 4.98 Å². The molecule has 0 atom stereocenters. The summed E-state index contributed by atoms with van der Waals surface area (Å²) in [7, 11) is 0. The van der Waals surface area contributed by atoms with E-state index in [1.807, 2.05) is 0 Å². The lowest BCUT2D eigenvalue weighted by Gasteiger charge is -2.04. The van der Waals surface area contributed by atoms with Crippen LogP contribution in [0.2, 0.25) is 10.0 Å². The quantitative estimate of drug-likeness (QED) is 0.679. The van der Waals surface area contributed by atoms with Gasteiger partial charge in [0.2, 0.25) is 0 Å². The van der Waals surface area contributed by atoms with E-state index in [1.54, 1.807) is 30.3 Å². The number of hydrogen-bond donors (Lipinski definition) is 2. The highest BCUT2D eigenvalue weighted by Gasteiger charge is 2.13. The fraction of sp³-hybridized carbons (Fsp3) is 0. The number of fused-ring (bicyclic) bond motifs is 1. The molecule has 2 aromatic carbocycles. The highest BCUT2D eigenvalue weighted by Crippen LogP contribution is 2.29. The van der Waals surface area contributed by atoms with Crippen molar-refractivity contribution in [1.29, 1.82) is 0 Å². The molecule has 21 heavy (non-hydrogen) atoms. The number of nitrogens with two attached hydrogens (primary N) is 1. The minimum absolute atomic E-state index is 0.314. The summed E-state index contributed by atoms with van der Waals surface area (Å²) in [5, 5.41) is 4.17. The molecule has 4 nitrogen and oxygen atoms in total. The molecule has 106 valence electrons. The Morgan fingerprint density at radius 1 is 1.19 bits per heavy atom. The second-order valence-corrected chi connectivity index (χ2v) is 6.20. The number of aromatic nitrogens is 1. The first-order valence-corrected chi connectivity index (χ1v) is 7.52. The van der Waals surface area contributed by atoms with Gasteiger partial charge in [-0.3, -0.25) is 10.1 Å². The van der Waals surface area contributed by atoms with Crippen molar-refractivity contribution in [2.75, 3.05) is 11.1 Å². The van der Waals surface area contributed by atoms with Gasteiger partial charge in [-0.15, -0.1) is 0 Å². The van der Waals surface area contributed by atoms with E-state index < -0.39 is 0 Å². The largest absolute Gasteiger partial charge is 0.399 e. The Kier molecular flexibility index (Phi) is 3.71. The smallest absolute Gasteiger partial charge is 0.259 e. The highest BCUT2D eigenvalue weighted by atomic mass is 35.5. The third kappa shape index (κ3) is 2.95. The number of nitrogens with zero attached hydrogens (tertiary/aromatic N) is 1. The number of hydrogen-bond acceptors (Lipinski definition) is 4. The van der Waals surface area contributed by atoms with Crippen LogP contribution in [-0.4, -0.2) is 10.9 Å². The van der Waals surface area contributed by atoms with Crippen molar-refractivity contribution in [2.45, 2.75) is 0 Å². The van der Waals surface area contributed by atoms with E-state index in [9.17, 15) is 4.79 Å². The third-order valence-electron chi connectivity index (χ3n) is 2.81. The molecule has 0 fully saturated rings. The lowest BCUT2D eigenvalue weighted by Crippen LogP contribution is -2.12. The van der Waals surface area contributed by atoms with Crippen molar-refractivity contribution >= 4 is 61.5 Å². The Bertz CT molecular complexity index is 847. The van der Waals surface area contributed by atoms with Gasteiger partial charge in [0.15, 0.2) is 5.13 Å². The van der Waals surface area contributed by atoms with Gasteiger partial charge in [0, 0.05) is 10.7 Å². The molecule has 1 amide bonds. The second-order valence-electron chi connectivity index (χ2n) is 4.32. The minimum Gasteiger partial charge on any atom is -0.399 e. The number of anilines is 2. The molecular weight excluding hydrogens is 329 g/mol. The van der Waals surface area contributed by atoms with E-state index in [4.69, 9.17) is 28.9 Å². The number of benzene rings is 2. The Hall–Kier alpha value is -1.82. The molecule has 1 aromatic heterocycles. The van der Waals surface area contributed by atoms with Crippen LogP contribution in [0.4, 0.5) is 10.8 Å². The Balaban J connectivity index is 1.90. The van der Waals surface area contributed by atoms with E-state index in [2.05, 4.69) is 10.3 Å². The summed E-state index contributed by atoms with van der Waals surface area (Å²) in [5.74, 6) is -0.350. The van der Waals surface area contributed by atoms with Crippen LogP contribution in [0, 0.1) is 0 Å². The third-order valence-corrected chi connectivity index (χ3v) is 4.30. The van der Waals surface area contributed by atoms with Crippen molar-refractivity contribution in [1.82, 2.24) is 4.98 Å². The normalized spacial score (nSPS) is 10.8. The number of rotatable bonds is 2. The number of carbonyl (C=O) groups is 1. The molecular formula is C14H9Cl2N3OS. The first kappa shape index (κ1) is 14.1. The van der Waals surface area contributed by atoms with Gasteiger partial charge in [0.25, 0.3) is 5.91 Å². The molecule has 3 aromatic rings. The zero-order valence-corrected chi connectivity index (χ0v) is 12.9. The summed E-state index contributed by atoms with van der Waals surface area (Å²) in [4.78, 5) is 16.5. The van der Waals surface area contributed by atoms with Crippen LogP contribution in [0.3, 0.4) is 0 Å². The van der Waals surface area contributed by atoms with Crippen molar-refractivity contribution in [2.24, 2.45) is 0 Å². The van der Waals surface area contributed by atoms with Crippen molar-refractivity contribution in [3.05, 3.63) is 52.0 Å². The molecule has 3 rings (SSSR count). The molecule has 7 heteroatoms. The molecule has 0 aliphatic rings. The molecule has 0 radical (unpaired) electrons. The molecule has 0 aliphatic heterocycles. The Labute approximate surface area is 134 Å². The maximum absolute atomic E-state index is 12.2. The summed E-state index contributed by atoms with van der Waals surface area (Å²) < 4.78 is 0.900. The second kappa shape index (κ2) is 5.52. The fourth-order valence-corrected chi connectivity index (χ4v) is 3.17. The SMILES string of the molecule is Nc1ccc(Cl)c(C(=O)Nc2nc3ccc(Cl)cc3s2)c1. The summed E-state index contributed by atoms with van der Waals surface area (Å²) in [6, 6.07) is 10.1. The number of halogens is 2. The number of carbonyl (C=O) groups excluding carboxylic acids is 1.